The summed E-state index contributed by atoms with van der Waals surface area (Å²) in [6.07, 6.45) is 0. The summed E-state index contributed by atoms with van der Waals surface area (Å²) in [7, 11) is 0. The van der Waals surface area contributed by atoms with Gasteiger partial charge in [-0.25, -0.2) is 0 Å². The minimum atomic E-state index is 0.382. The maximum absolute atomic E-state index is 8.91. The van der Waals surface area contributed by atoms with Crippen molar-refractivity contribution in [3.05, 3.63) is 28.8 Å². The van der Waals surface area contributed by atoms with E-state index in [0.717, 1.165) is 5.01 Å². The van der Waals surface area contributed by atoms with Gasteiger partial charge in [-0.15, -0.1) is 5.10 Å². The number of nitrogens with two attached hydrogens (primary N) is 1. The molecule has 0 amide bonds. The second-order valence-electron chi connectivity index (χ2n) is 3.06. The fourth-order valence-electron chi connectivity index (χ4n) is 1.14. The largest absolute Gasteiger partial charge is 0.428 e. The number of nitrogen functional groups attached to an aromatic ring is 1. The molecule has 0 bridgehead atoms. The Morgan fingerprint density at radius 2 is 2.25 bits per heavy atom. The van der Waals surface area contributed by atoms with Gasteiger partial charge >= 0.3 is 0 Å². The Balaban J connectivity index is 2.31. The Kier molecular flexibility index (Phi) is 2.70. The Hall–Kier alpha value is -2.13. The summed E-state index contributed by atoms with van der Waals surface area (Å²) in [6, 6.07) is 6.89. The maximum Gasteiger partial charge on any atom is 0.299 e. The molecule has 2 rings (SSSR count). The van der Waals surface area contributed by atoms with Crippen LogP contribution in [0.1, 0.15) is 10.6 Å². The summed E-state index contributed by atoms with van der Waals surface area (Å²) in [5.41, 5.74) is 6.48. The van der Waals surface area contributed by atoms with Crippen molar-refractivity contribution >= 4 is 17.0 Å². The average molecular weight is 232 g/mol. The van der Waals surface area contributed by atoms with Crippen LogP contribution in [-0.4, -0.2) is 10.2 Å². The molecule has 1 aromatic heterocycles. The molecule has 16 heavy (non-hydrogen) atoms. The van der Waals surface area contributed by atoms with E-state index in [1.165, 1.54) is 11.3 Å². The number of aromatic nitrogens is 2. The topological polar surface area (TPSA) is 84.8 Å². The van der Waals surface area contributed by atoms with Gasteiger partial charge in [0.25, 0.3) is 5.19 Å². The molecular weight excluding hydrogens is 224 g/mol. The number of ether oxygens (including phenoxy) is 1. The molecule has 6 heteroatoms. The summed E-state index contributed by atoms with van der Waals surface area (Å²) in [6.45, 7) is 1.83. The number of hydrogen-bond acceptors (Lipinski definition) is 6. The van der Waals surface area contributed by atoms with E-state index in [1.54, 1.807) is 18.2 Å². The molecule has 0 aliphatic carbocycles. The average Bonchev–Trinajstić information content (AvgIpc) is 2.67. The maximum atomic E-state index is 8.91. The molecule has 0 saturated carbocycles. The second kappa shape index (κ2) is 4.16. The molecule has 0 aliphatic heterocycles. The quantitative estimate of drug-likeness (QED) is 0.801. The zero-order valence-corrected chi connectivity index (χ0v) is 9.28. The third kappa shape index (κ3) is 2.10. The molecule has 0 unspecified atom stereocenters. The van der Waals surface area contributed by atoms with Crippen LogP contribution in [0.5, 0.6) is 10.9 Å². The van der Waals surface area contributed by atoms with Crippen molar-refractivity contribution in [2.24, 2.45) is 0 Å². The number of rotatable bonds is 2. The minimum Gasteiger partial charge on any atom is -0.428 e. The van der Waals surface area contributed by atoms with Crippen molar-refractivity contribution < 1.29 is 4.74 Å². The smallest absolute Gasteiger partial charge is 0.299 e. The summed E-state index contributed by atoms with van der Waals surface area (Å²) in [4.78, 5) is 0. The van der Waals surface area contributed by atoms with Gasteiger partial charge in [-0.05, 0) is 25.1 Å². The lowest BCUT2D eigenvalue weighted by Crippen LogP contribution is -1.91. The highest BCUT2D eigenvalue weighted by Gasteiger charge is 2.08. The van der Waals surface area contributed by atoms with Crippen molar-refractivity contribution in [1.29, 1.82) is 5.26 Å². The van der Waals surface area contributed by atoms with Gasteiger partial charge in [0.2, 0.25) is 0 Å². The highest BCUT2D eigenvalue weighted by molar-refractivity contribution is 7.13. The first-order chi connectivity index (χ1) is 7.69. The van der Waals surface area contributed by atoms with Crippen molar-refractivity contribution in [2.75, 3.05) is 5.73 Å². The molecule has 80 valence electrons. The molecule has 5 nitrogen and oxygen atoms in total. The number of hydrogen-bond donors (Lipinski definition) is 1. The van der Waals surface area contributed by atoms with Gasteiger partial charge < -0.3 is 10.5 Å². The molecule has 0 fully saturated rings. The van der Waals surface area contributed by atoms with Crippen molar-refractivity contribution in [3.63, 3.8) is 0 Å². The molecule has 0 atom stereocenters. The van der Waals surface area contributed by atoms with Gasteiger partial charge in [0.1, 0.15) is 16.8 Å². The minimum absolute atomic E-state index is 0.382. The fraction of sp³-hybridized carbons (Fsp3) is 0.100. The van der Waals surface area contributed by atoms with Gasteiger partial charge in [0, 0.05) is 5.69 Å². The summed E-state index contributed by atoms with van der Waals surface area (Å²) >= 11 is 1.32. The number of anilines is 1. The van der Waals surface area contributed by atoms with Crippen LogP contribution in [0.25, 0.3) is 0 Å². The normalized spacial score (nSPS) is 9.75. The van der Waals surface area contributed by atoms with Crippen molar-refractivity contribution in [3.8, 4) is 17.0 Å². The summed E-state index contributed by atoms with van der Waals surface area (Å²) in [5.74, 6) is 0.438. The third-order valence-corrected chi connectivity index (χ3v) is 2.55. The molecule has 2 N–H and O–H groups in total. The monoisotopic (exact) mass is 232 g/mol. The van der Waals surface area contributed by atoms with Gasteiger partial charge in [0.05, 0.1) is 5.56 Å². The molecule has 0 aliphatic rings. The first-order valence-electron chi connectivity index (χ1n) is 4.46. The third-order valence-electron chi connectivity index (χ3n) is 1.83. The highest BCUT2D eigenvalue weighted by Crippen LogP contribution is 2.28. The first-order valence-corrected chi connectivity index (χ1v) is 5.28. The lowest BCUT2D eigenvalue weighted by atomic mass is 10.2. The van der Waals surface area contributed by atoms with Crippen LogP contribution in [0, 0.1) is 18.3 Å². The standard InChI is InChI=1S/C10H8N4OS/c1-6-13-14-10(16-6)15-9-3-2-8(12)4-7(9)5-11/h2-4H,12H2,1H3. The van der Waals surface area contributed by atoms with E-state index in [-0.39, 0.29) is 0 Å². The zero-order chi connectivity index (χ0) is 11.5. The van der Waals surface area contributed by atoms with Gasteiger partial charge in [-0.2, -0.15) is 5.26 Å². The number of nitrogens with zero attached hydrogens (tertiary/aromatic N) is 3. The molecule has 0 saturated heterocycles. The molecule has 1 heterocycles. The van der Waals surface area contributed by atoms with E-state index in [9.17, 15) is 0 Å². The molecule has 0 radical (unpaired) electrons. The van der Waals surface area contributed by atoms with E-state index in [4.69, 9.17) is 15.7 Å². The van der Waals surface area contributed by atoms with Crippen LogP contribution in [-0.2, 0) is 0 Å². The van der Waals surface area contributed by atoms with Gasteiger partial charge in [-0.3, -0.25) is 0 Å². The van der Waals surface area contributed by atoms with Crippen LogP contribution in [0.2, 0.25) is 0 Å². The second-order valence-corrected chi connectivity index (χ2v) is 4.20. The van der Waals surface area contributed by atoms with E-state index >= 15 is 0 Å². The highest BCUT2D eigenvalue weighted by atomic mass is 32.1. The number of benzene rings is 1. The summed E-state index contributed by atoms with van der Waals surface area (Å²) < 4.78 is 5.44. The Morgan fingerprint density at radius 3 is 2.88 bits per heavy atom. The van der Waals surface area contributed by atoms with E-state index < -0.39 is 0 Å². The first kappa shape index (κ1) is 10.4. The Labute approximate surface area is 96.1 Å². The molecular formula is C10H8N4OS. The van der Waals surface area contributed by atoms with Gasteiger partial charge in [-0.1, -0.05) is 16.4 Å². The number of nitriles is 1. The van der Waals surface area contributed by atoms with Crippen LogP contribution in [0.4, 0.5) is 5.69 Å². The van der Waals surface area contributed by atoms with Crippen LogP contribution in [0.15, 0.2) is 18.2 Å². The zero-order valence-electron chi connectivity index (χ0n) is 8.47. The van der Waals surface area contributed by atoms with Crippen molar-refractivity contribution in [1.82, 2.24) is 10.2 Å². The lowest BCUT2D eigenvalue weighted by Gasteiger charge is -2.03. The van der Waals surface area contributed by atoms with E-state index in [2.05, 4.69) is 10.2 Å². The molecule has 1 aromatic carbocycles. The SMILES string of the molecule is Cc1nnc(Oc2ccc(N)cc2C#N)s1. The molecule has 0 spiro atoms. The lowest BCUT2D eigenvalue weighted by molar-refractivity contribution is 0.471. The predicted molar refractivity (Wildman–Crippen MR) is 60.3 cm³/mol. The molecule has 2 aromatic rings. The Morgan fingerprint density at radius 1 is 1.44 bits per heavy atom. The summed E-state index contributed by atoms with van der Waals surface area (Å²) in [5, 5.41) is 17.8. The van der Waals surface area contributed by atoms with Crippen molar-refractivity contribution in [2.45, 2.75) is 6.92 Å². The Bertz CT molecular complexity index is 558. The van der Waals surface area contributed by atoms with E-state index in [1.807, 2.05) is 13.0 Å². The van der Waals surface area contributed by atoms with Crippen LogP contribution < -0.4 is 10.5 Å². The van der Waals surface area contributed by atoms with E-state index in [0.29, 0.717) is 22.2 Å². The van der Waals surface area contributed by atoms with Gasteiger partial charge in [0.15, 0.2) is 0 Å². The predicted octanol–water partition coefficient (Wildman–Crippen LogP) is 2.09. The van der Waals surface area contributed by atoms with Crippen LogP contribution in [0.3, 0.4) is 0 Å². The number of aryl methyl sites for hydroxylation is 1. The fourth-order valence-corrected chi connectivity index (χ4v) is 1.69. The van der Waals surface area contributed by atoms with Crippen LogP contribution >= 0.6 is 11.3 Å².